The lowest BCUT2D eigenvalue weighted by atomic mass is 9.77. The number of tetrazole rings is 2. The summed E-state index contributed by atoms with van der Waals surface area (Å²) < 4.78 is 12.3. The number of aliphatic carboxylic acids is 2. The number of hydrogen-bond donors (Lipinski definition) is 6. The third-order valence-corrected chi connectivity index (χ3v) is 11.7. The monoisotopic (exact) mass is 859 g/mol. The zero-order valence-electron chi connectivity index (χ0n) is 35.4. The van der Waals surface area contributed by atoms with Crippen molar-refractivity contribution in [1.29, 1.82) is 0 Å². The number of carbonyl (C=O) groups is 2. The lowest BCUT2D eigenvalue weighted by molar-refractivity contribution is -0.144. The maximum Gasteiger partial charge on any atom is 0.307 e. The van der Waals surface area contributed by atoms with Crippen molar-refractivity contribution in [2.75, 3.05) is 6.54 Å². The van der Waals surface area contributed by atoms with Crippen molar-refractivity contribution in [3.05, 3.63) is 119 Å². The lowest BCUT2D eigenvalue weighted by Gasteiger charge is -2.28. The first-order chi connectivity index (χ1) is 30.5. The number of aromatic nitrogens is 10. The Labute approximate surface area is 364 Å². The molecule has 4 aromatic heterocycles. The summed E-state index contributed by atoms with van der Waals surface area (Å²) in [6.45, 7) is 6.77. The van der Waals surface area contributed by atoms with Crippen molar-refractivity contribution in [2.24, 2.45) is 29.6 Å². The number of carboxylic acids is 2. The molecule has 0 aliphatic carbocycles. The maximum atomic E-state index is 13.0. The molecule has 0 saturated carbocycles. The van der Waals surface area contributed by atoms with Gasteiger partial charge in [-0.15, -0.1) is 20.4 Å². The Bertz CT molecular complexity index is 2360. The molecular weight excluding hydrogens is 807 g/mol. The Morgan fingerprint density at radius 1 is 0.746 bits per heavy atom. The third kappa shape index (κ3) is 11.6. The molecule has 1 saturated heterocycles. The van der Waals surface area contributed by atoms with Gasteiger partial charge in [-0.25, -0.2) is 9.97 Å². The van der Waals surface area contributed by atoms with Gasteiger partial charge >= 0.3 is 11.9 Å². The Balaban J connectivity index is 1.01. The lowest BCUT2D eigenvalue weighted by Crippen LogP contribution is -2.28. The minimum Gasteiger partial charge on any atom is -0.481 e. The molecule has 5 heterocycles. The quantitative estimate of drug-likeness (QED) is 0.0429. The molecule has 1 aliphatic heterocycles. The van der Waals surface area contributed by atoms with Gasteiger partial charge in [0.2, 0.25) is 11.8 Å². The normalized spacial score (nSPS) is 17.5. The largest absolute Gasteiger partial charge is 0.481 e. The van der Waals surface area contributed by atoms with E-state index in [1.807, 2.05) is 50.2 Å². The number of hydrogen-bond acceptors (Lipinski definition) is 14. The van der Waals surface area contributed by atoms with Crippen LogP contribution in [0.5, 0.6) is 23.3 Å². The van der Waals surface area contributed by atoms with Crippen LogP contribution in [0.3, 0.4) is 0 Å². The fraction of sp³-hybridized carbons (Fsp3) is 0.422. The molecule has 6 aromatic rings. The number of nitrogens with zero attached hydrogens (tertiary/aromatic N) is 8. The average Bonchev–Trinajstić information content (AvgIpc) is 4.10. The molecule has 330 valence electrons. The van der Waals surface area contributed by atoms with Gasteiger partial charge in [-0.1, -0.05) is 73.7 Å². The molecule has 6 N–H and O–H groups in total. The van der Waals surface area contributed by atoms with E-state index in [4.69, 9.17) is 9.47 Å². The van der Waals surface area contributed by atoms with Crippen LogP contribution in [0.4, 0.5) is 0 Å². The number of benzene rings is 2. The predicted octanol–water partition coefficient (Wildman–Crippen LogP) is 6.45. The van der Waals surface area contributed by atoms with Crippen molar-refractivity contribution in [1.82, 2.24) is 56.5 Å². The van der Waals surface area contributed by atoms with E-state index in [1.54, 1.807) is 48.8 Å². The minimum atomic E-state index is -0.936. The van der Waals surface area contributed by atoms with Crippen molar-refractivity contribution in [2.45, 2.75) is 83.8 Å². The van der Waals surface area contributed by atoms with Gasteiger partial charge in [0.05, 0.1) is 18.4 Å². The van der Waals surface area contributed by atoms with E-state index in [0.717, 1.165) is 41.6 Å². The summed E-state index contributed by atoms with van der Waals surface area (Å²) in [6.07, 6.45) is 6.57. The summed E-state index contributed by atoms with van der Waals surface area (Å²) in [5, 5.41) is 63.0. The van der Waals surface area contributed by atoms with Crippen molar-refractivity contribution in [3.8, 4) is 23.3 Å². The fourth-order valence-electron chi connectivity index (χ4n) is 8.75. The Kier molecular flexibility index (Phi) is 14.8. The summed E-state index contributed by atoms with van der Waals surface area (Å²) in [7, 11) is 0. The Morgan fingerprint density at radius 3 is 1.92 bits per heavy atom. The number of ether oxygens (including phenoxy) is 2. The van der Waals surface area contributed by atoms with Gasteiger partial charge in [0.1, 0.15) is 11.5 Å². The SMILES string of the molecule is CC(C)CC(C(=O)O)C(Cc1ccc(Oc2ccccc2C2NCCC2CC(C)CC(C(=O)O)C(Cc2ccc(Oc3cccc(CO)c3)nc2)c2nn[nH]n2)nc1)c1nn[nH]n1. The molecular formula is C45H53N11O7. The number of aliphatic hydroxyl groups excluding tert-OH is 1. The van der Waals surface area contributed by atoms with Crippen LogP contribution in [0.15, 0.2) is 85.2 Å². The molecule has 2 aromatic carbocycles. The first-order valence-corrected chi connectivity index (χ1v) is 21.2. The number of nitrogens with one attached hydrogen (secondary N) is 3. The summed E-state index contributed by atoms with van der Waals surface area (Å²) in [4.78, 5) is 34.4. The first kappa shape index (κ1) is 44.4. The maximum absolute atomic E-state index is 13.0. The molecule has 7 atom stereocenters. The van der Waals surface area contributed by atoms with Crippen LogP contribution in [-0.4, -0.2) is 85.0 Å². The van der Waals surface area contributed by atoms with Crippen molar-refractivity contribution >= 4 is 11.9 Å². The standard InChI is InChI=1S/C45H53N11O7/c1-26(2)17-36(44(58)59)34(42-49-53-54-50-42)21-29-12-14-40(48-24-29)63-38-10-5-4-9-33(38)41-31(15-16-46-41)18-27(3)19-37(45(60)61)35(43-51-55-56-52-43)22-28-11-13-39(47-23-28)62-32-8-6-7-30(20-32)25-57/h4-14,20,23-24,26-27,31,34-37,41,46,57H,15-19,21-22,25H2,1-3H3,(H,58,59)(H,60,61)(H,49,50,53,54)(H,51,52,55,56). The number of para-hydroxylation sites is 1. The molecule has 0 radical (unpaired) electrons. The Hall–Kier alpha value is -6.66. The summed E-state index contributed by atoms with van der Waals surface area (Å²) in [6, 6.07) is 22.2. The topological polar surface area (TPSA) is 260 Å². The number of aromatic amines is 2. The zero-order valence-corrected chi connectivity index (χ0v) is 35.4. The fourth-order valence-corrected chi connectivity index (χ4v) is 8.75. The highest BCUT2D eigenvalue weighted by atomic mass is 16.5. The first-order valence-electron chi connectivity index (χ1n) is 21.2. The van der Waals surface area contributed by atoms with E-state index < -0.39 is 35.6 Å². The van der Waals surface area contributed by atoms with E-state index >= 15 is 0 Å². The second kappa shape index (κ2) is 20.9. The van der Waals surface area contributed by atoms with Crippen LogP contribution in [0, 0.1) is 29.6 Å². The third-order valence-electron chi connectivity index (χ3n) is 11.7. The zero-order chi connectivity index (χ0) is 44.3. The number of H-pyrrole nitrogens is 2. The van der Waals surface area contributed by atoms with Gasteiger partial charge in [0.25, 0.3) is 0 Å². The minimum absolute atomic E-state index is 0.0244. The number of rotatable bonds is 22. The highest BCUT2D eigenvalue weighted by Gasteiger charge is 2.37. The number of carboxylic acid groups (broad SMARTS) is 2. The molecule has 0 bridgehead atoms. The van der Waals surface area contributed by atoms with Crippen LogP contribution in [0.25, 0.3) is 0 Å². The Morgan fingerprint density at radius 2 is 1.37 bits per heavy atom. The molecule has 1 aliphatic rings. The van der Waals surface area contributed by atoms with E-state index in [-0.39, 0.29) is 30.4 Å². The van der Waals surface area contributed by atoms with Crippen molar-refractivity contribution in [3.63, 3.8) is 0 Å². The summed E-state index contributed by atoms with van der Waals surface area (Å²) in [5.41, 5.74) is 3.31. The van der Waals surface area contributed by atoms with E-state index in [2.05, 4.69) is 63.5 Å². The summed E-state index contributed by atoms with van der Waals surface area (Å²) in [5.74, 6) is -1.40. The van der Waals surface area contributed by atoms with Gasteiger partial charge in [-0.2, -0.15) is 10.4 Å². The number of pyridine rings is 2. The second-order valence-corrected chi connectivity index (χ2v) is 16.8. The van der Waals surface area contributed by atoms with Crippen molar-refractivity contribution < 1.29 is 34.4 Å². The molecule has 1 fully saturated rings. The summed E-state index contributed by atoms with van der Waals surface area (Å²) >= 11 is 0. The number of aliphatic hydroxyl groups is 1. The van der Waals surface area contributed by atoms with Crippen LogP contribution < -0.4 is 14.8 Å². The molecule has 18 heteroatoms. The van der Waals surface area contributed by atoms with E-state index in [1.165, 1.54) is 0 Å². The average molecular weight is 860 g/mol. The van der Waals surface area contributed by atoms with Crippen LogP contribution in [0.1, 0.15) is 98.2 Å². The molecule has 0 amide bonds. The molecule has 7 rings (SSSR count). The molecule has 63 heavy (non-hydrogen) atoms. The second-order valence-electron chi connectivity index (χ2n) is 16.8. The van der Waals surface area contributed by atoms with Gasteiger partial charge in [-0.3, -0.25) is 9.59 Å². The molecule has 18 nitrogen and oxygen atoms in total. The van der Waals surface area contributed by atoms with Crippen LogP contribution in [-0.2, 0) is 29.0 Å². The van der Waals surface area contributed by atoms with Gasteiger partial charge in [0.15, 0.2) is 11.6 Å². The van der Waals surface area contributed by atoms with Gasteiger partial charge < -0.3 is 30.1 Å². The van der Waals surface area contributed by atoms with Gasteiger partial charge in [0, 0.05) is 48.0 Å². The highest BCUT2D eigenvalue weighted by Crippen LogP contribution is 2.42. The van der Waals surface area contributed by atoms with Gasteiger partial charge in [-0.05, 0) is 97.7 Å². The van der Waals surface area contributed by atoms with Crippen LogP contribution in [0.2, 0.25) is 0 Å². The van der Waals surface area contributed by atoms with E-state index in [9.17, 15) is 24.9 Å². The van der Waals surface area contributed by atoms with Crippen LogP contribution >= 0.6 is 0 Å². The highest BCUT2D eigenvalue weighted by molar-refractivity contribution is 5.71. The molecule has 7 unspecified atom stereocenters. The molecule has 0 spiro atoms. The predicted molar refractivity (Wildman–Crippen MR) is 228 cm³/mol. The van der Waals surface area contributed by atoms with E-state index in [0.29, 0.717) is 60.6 Å². The smallest absolute Gasteiger partial charge is 0.307 e.